The Kier molecular flexibility index (Phi) is 4.28. The van der Waals surface area contributed by atoms with Crippen LogP contribution in [0.15, 0.2) is 54.6 Å². The minimum Gasteiger partial charge on any atom is -0.493 e. The molecule has 27 heavy (non-hydrogen) atoms. The average Bonchev–Trinajstić information content (AvgIpc) is 2.67. The highest BCUT2D eigenvalue weighted by atomic mass is 16.6. The summed E-state index contributed by atoms with van der Waals surface area (Å²) in [5.41, 5.74) is 2.86. The molecule has 5 nitrogen and oxygen atoms in total. The summed E-state index contributed by atoms with van der Waals surface area (Å²) < 4.78 is 10.6. The van der Waals surface area contributed by atoms with Crippen molar-refractivity contribution in [1.29, 1.82) is 0 Å². The van der Waals surface area contributed by atoms with Gasteiger partial charge in [0.05, 0.1) is 7.11 Å². The maximum absolute atomic E-state index is 12.3. The lowest BCUT2D eigenvalue weighted by molar-refractivity contribution is -0.132. The number of hydrogen-bond donors (Lipinski definition) is 1. The fourth-order valence-electron chi connectivity index (χ4n) is 3.69. The maximum atomic E-state index is 12.3. The molecular formula is C22H19NO4. The van der Waals surface area contributed by atoms with E-state index in [1.807, 2.05) is 36.4 Å². The van der Waals surface area contributed by atoms with Crippen LogP contribution in [-0.4, -0.2) is 19.0 Å². The quantitative estimate of drug-likeness (QED) is 0.560. The van der Waals surface area contributed by atoms with Crippen LogP contribution in [0, 0.1) is 0 Å². The predicted molar refractivity (Wildman–Crippen MR) is 103 cm³/mol. The second-order valence-corrected chi connectivity index (χ2v) is 6.56. The zero-order valence-corrected chi connectivity index (χ0v) is 15.1. The minimum atomic E-state index is -0.408. The van der Waals surface area contributed by atoms with E-state index in [2.05, 4.69) is 17.4 Å². The summed E-state index contributed by atoms with van der Waals surface area (Å²) in [5, 5.41) is 5.22. The van der Waals surface area contributed by atoms with E-state index in [4.69, 9.17) is 9.47 Å². The third-order valence-electron chi connectivity index (χ3n) is 4.83. The van der Waals surface area contributed by atoms with Crippen molar-refractivity contribution < 1.29 is 19.1 Å². The van der Waals surface area contributed by atoms with Crippen molar-refractivity contribution in [2.24, 2.45) is 0 Å². The summed E-state index contributed by atoms with van der Waals surface area (Å²) in [6, 6.07) is 17.5. The van der Waals surface area contributed by atoms with Crippen LogP contribution >= 0.6 is 0 Å². The standard InChI is InChI=1S/C22H19NO4/c1-13(24)27-19-10-8-15(11-20(19)26-2)17-12-21(25)23-18-9-7-14-5-3-4-6-16(14)22(17)18/h3-11,17H,12H2,1-2H3,(H,23,25)/t17-/m1/s1. The van der Waals surface area contributed by atoms with Gasteiger partial charge in [0, 0.05) is 24.9 Å². The van der Waals surface area contributed by atoms with Crippen LogP contribution < -0.4 is 14.8 Å². The third-order valence-corrected chi connectivity index (χ3v) is 4.83. The Morgan fingerprint density at radius 3 is 2.67 bits per heavy atom. The number of anilines is 1. The predicted octanol–water partition coefficient (Wildman–Crippen LogP) is 4.25. The molecule has 0 saturated heterocycles. The lowest BCUT2D eigenvalue weighted by Gasteiger charge is -2.28. The van der Waals surface area contributed by atoms with E-state index >= 15 is 0 Å². The fourth-order valence-corrected chi connectivity index (χ4v) is 3.69. The number of esters is 1. The van der Waals surface area contributed by atoms with E-state index in [-0.39, 0.29) is 11.8 Å². The van der Waals surface area contributed by atoms with Crippen LogP contribution in [0.5, 0.6) is 11.5 Å². The molecule has 1 aliphatic rings. The molecule has 0 bridgehead atoms. The molecule has 1 heterocycles. The Hall–Kier alpha value is -3.34. The van der Waals surface area contributed by atoms with Crippen LogP contribution in [0.25, 0.3) is 10.8 Å². The number of hydrogen-bond acceptors (Lipinski definition) is 4. The first-order chi connectivity index (χ1) is 13.1. The minimum absolute atomic E-state index is 0.0224. The van der Waals surface area contributed by atoms with E-state index < -0.39 is 5.97 Å². The summed E-state index contributed by atoms with van der Waals surface area (Å²) in [5.74, 6) is 0.294. The van der Waals surface area contributed by atoms with Gasteiger partial charge >= 0.3 is 5.97 Å². The lowest BCUT2D eigenvalue weighted by Crippen LogP contribution is -2.23. The van der Waals surface area contributed by atoms with Crippen molar-refractivity contribution in [3.8, 4) is 11.5 Å². The van der Waals surface area contributed by atoms with Gasteiger partial charge in [0.2, 0.25) is 5.91 Å². The summed E-state index contributed by atoms with van der Waals surface area (Å²) in [7, 11) is 1.53. The van der Waals surface area contributed by atoms with Gasteiger partial charge < -0.3 is 14.8 Å². The van der Waals surface area contributed by atoms with Crippen molar-refractivity contribution in [2.45, 2.75) is 19.3 Å². The molecule has 1 amide bonds. The van der Waals surface area contributed by atoms with Crippen LogP contribution in [0.4, 0.5) is 5.69 Å². The fraction of sp³-hybridized carbons (Fsp3) is 0.182. The van der Waals surface area contributed by atoms with Crippen molar-refractivity contribution >= 4 is 28.3 Å². The number of carbonyl (C=O) groups is 2. The van der Waals surface area contributed by atoms with Crippen LogP contribution in [0.2, 0.25) is 0 Å². The molecule has 0 unspecified atom stereocenters. The lowest BCUT2D eigenvalue weighted by atomic mass is 9.82. The van der Waals surface area contributed by atoms with E-state index in [1.165, 1.54) is 14.0 Å². The molecule has 0 aliphatic carbocycles. The maximum Gasteiger partial charge on any atom is 0.308 e. The Labute approximate surface area is 156 Å². The highest BCUT2D eigenvalue weighted by Crippen LogP contribution is 2.43. The van der Waals surface area contributed by atoms with Gasteiger partial charge in [-0.2, -0.15) is 0 Å². The molecule has 0 aromatic heterocycles. The second-order valence-electron chi connectivity index (χ2n) is 6.56. The van der Waals surface area contributed by atoms with Crippen LogP contribution in [0.3, 0.4) is 0 Å². The molecule has 4 rings (SSSR count). The topological polar surface area (TPSA) is 64.6 Å². The second kappa shape index (κ2) is 6.76. The largest absolute Gasteiger partial charge is 0.493 e. The number of methoxy groups -OCH3 is 1. The van der Waals surface area contributed by atoms with Gasteiger partial charge in [-0.15, -0.1) is 0 Å². The molecular weight excluding hydrogens is 342 g/mol. The normalized spacial score (nSPS) is 15.8. The molecule has 0 saturated carbocycles. The third kappa shape index (κ3) is 3.12. The molecule has 3 aromatic carbocycles. The van der Waals surface area contributed by atoms with Crippen LogP contribution in [0.1, 0.15) is 30.4 Å². The average molecular weight is 361 g/mol. The van der Waals surface area contributed by atoms with E-state index in [9.17, 15) is 9.59 Å². The molecule has 5 heteroatoms. The first kappa shape index (κ1) is 17.1. The number of fused-ring (bicyclic) bond motifs is 3. The van der Waals surface area contributed by atoms with E-state index in [0.29, 0.717) is 17.9 Å². The van der Waals surface area contributed by atoms with Gasteiger partial charge in [0.1, 0.15) is 0 Å². The van der Waals surface area contributed by atoms with Crippen molar-refractivity contribution in [2.75, 3.05) is 12.4 Å². The van der Waals surface area contributed by atoms with Gasteiger partial charge in [0.25, 0.3) is 0 Å². The van der Waals surface area contributed by atoms with Gasteiger partial charge in [-0.05, 0) is 40.1 Å². The van der Waals surface area contributed by atoms with Crippen molar-refractivity contribution in [3.05, 3.63) is 65.7 Å². The van der Waals surface area contributed by atoms with Crippen LogP contribution in [-0.2, 0) is 9.59 Å². The Morgan fingerprint density at radius 2 is 1.89 bits per heavy atom. The highest BCUT2D eigenvalue weighted by molar-refractivity contribution is 6.01. The Balaban J connectivity index is 1.87. The number of amides is 1. The van der Waals surface area contributed by atoms with Crippen molar-refractivity contribution in [3.63, 3.8) is 0 Å². The SMILES string of the molecule is COc1cc([C@H]2CC(=O)Nc3ccc4ccccc4c32)ccc1OC(C)=O. The zero-order chi connectivity index (χ0) is 19.0. The molecule has 3 aromatic rings. The van der Waals surface area contributed by atoms with E-state index in [0.717, 1.165) is 27.6 Å². The molecule has 1 atom stereocenters. The monoisotopic (exact) mass is 361 g/mol. The number of rotatable bonds is 3. The Morgan fingerprint density at radius 1 is 1.07 bits per heavy atom. The molecule has 136 valence electrons. The molecule has 0 radical (unpaired) electrons. The van der Waals surface area contributed by atoms with Gasteiger partial charge in [0.15, 0.2) is 11.5 Å². The first-order valence-electron chi connectivity index (χ1n) is 8.74. The number of ether oxygens (including phenoxy) is 2. The molecule has 0 spiro atoms. The Bertz CT molecular complexity index is 1060. The molecule has 1 N–H and O–H groups in total. The summed E-state index contributed by atoms with van der Waals surface area (Å²) in [6.45, 7) is 1.35. The number of nitrogens with one attached hydrogen (secondary N) is 1. The summed E-state index contributed by atoms with van der Waals surface area (Å²) in [6.07, 6.45) is 0.344. The smallest absolute Gasteiger partial charge is 0.308 e. The highest BCUT2D eigenvalue weighted by Gasteiger charge is 2.29. The summed E-state index contributed by atoms with van der Waals surface area (Å²) in [4.78, 5) is 23.6. The van der Waals surface area contributed by atoms with Gasteiger partial charge in [-0.1, -0.05) is 36.4 Å². The summed E-state index contributed by atoms with van der Waals surface area (Å²) >= 11 is 0. The molecule has 0 fully saturated rings. The number of carbonyl (C=O) groups excluding carboxylic acids is 2. The van der Waals surface area contributed by atoms with Gasteiger partial charge in [-0.25, -0.2) is 0 Å². The molecule has 1 aliphatic heterocycles. The van der Waals surface area contributed by atoms with Gasteiger partial charge in [-0.3, -0.25) is 9.59 Å². The first-order valence-corrected chi connectivity index (χ1v) is 8.74. The van der Waals surface area contributed by atoms with E-state index in [1.54, 1.807) is 6.07 Å². The van der Waals surface area contributed by atoms with Crippen molar-refractivity contribution in [1.82, 2.24) is 0 Å². The number of benzene rings is 3. The zero-order valence-electron chi connectivity index (χ0n) is 15.1.